The van der Waals surface area contributed by atoms with Crippen molar-refractivity contribution in [2.24, 2.45) is 13.0 Å². The molecule has 5 aromatic rings. The number of aromatic nitrogens is 2. The van der Waals surface area contributed by atoms with Crippen LogP contribution in [0, 0.1) is 5.92 Å². The summed E-state index contributed by atoms with van der Waals surface area (Å²) >= 11 is 0. The molecule has 9 nitrogen and oxygen atoms in total. The van der Waals surface area contributed by atoms with Gasteiger partial charge in [0.25, 0.3) is 0 Å². The zero-order valence-electron chi connectivity index (χ0n) is 31.2. The van der Waals surface area contributed by atoms with Crippen LogP contribution in [-0.4, -0.2) is 77.4 Å². The number of phenolic OH excluding ortho intramolecular Hbond substituents is 1. The average Bonchev–Trinajstić information content (AvgIpc) is 3.53. The third kappa shape index (κ3) is 6.74. The number of imide groups is 1. The molecule has 0 saturated carbocycles. The number of fused-ring (bicyclic) bond motifs is 2. The van der Waals surface area contributed by atoms with E-state index in [9.17, 15) is 14.7 Å². The molecule has 9 heteroatoms. The molecule has 0 bridgehead atoms. The molecule has 2 amide bonds. The largest absolute Gasteiger partial charge is 0.508 e. The van der Waals surface area contributed by atoms with Crippen LogP contribution in [0.5, 0.6) is 5.75 Å². The zero-order valence-corrected chi connectivity index (χ0v) is 31.2. The van der Waals surface area contributed by atoms with Gasteiger partial charge in [0, 0.05) is 82.0 Å². The molecule has 4 aromatic carbocycles. The Hall–Kier alpha value is -5.15. The number of carbonyl (C=O) groups excluding carboxylic acids is 2. The van der Waals surface area contributed by atoms with Gasteiger partial charge in [0.15, 0.2) is 0 Å². The quantitative estimate of drug-likeness (QED) is 0.181. The number of hydrogen-bond acceptors (Lipinski definition) is 7. The lowest BCUT2D eigenvalue weighted by atomic mass is 9.69. The molecule has 1 aromatic heterocycles. The summed E-state index contributed by atoms with van der Waals surface area (Å²) in [5.74, 6) is 0.926. The summed E-state index contributed by atoms with van der Waals surface area (Å²) in [5, 5.41) is 18.4. The Labute approximate surface area is 317 Å². The van der Waals surface area contributed by atoms with E-state index < -0.39 is 0 Å². The van der Waals surface area contributed by atoms with Crippen LogP contribution < -0.4 is 15.1 Å². The van der Waals surface area contributed by atoms with Gasteiger partial charge in [-0.1, -0.05) is 48.5 Å². The second kappa shape index (κ2) is 14.6. The predicted octanol–water partition coefficient (Wildman–Crippen LogP) is 6.70. The van der Waals surface area contributed by atoms with E-state index in [1.54, 1.807) is 0 Å². The maximum Gasteiger partial charge on any atom is 0.235 e. The van der Waals surface area contributed by atoms with Crippen LogP contribution in [0.2, 0.25) is 0 Å². The van der Waals surface area contributed by atoms with E-state index >= 15 is 0 Å². The molecule has 0 spiro atoms. The van der Waals surface area contributed by atoms with Crippen molar-refractivity contribution in [3.8, 4) is 5.75 Å². The first-order valence-electron chi connectivity index (χ1n) is 19.9. The van der Waals surface area contributed by atoms with E-state index in [1.807, 2.05) is 23.9 Å². The Balaban J connectivity index is 0.797. The molecule has 4 heterocycles. The first kappa shape index (κ1) is 34.6. The number of hydrogen-bond donors (Lipinski definition) is 2. The van der Waals surface area contributed by atoms with Crippen LogP contribution in [0.25, 0.3) is 10.9 Å². The Morgan fingerprint density at radius 2 is 1.48 bits per heavy atom. The van der Waals surface area contributed by atoms with E-state index in [0.29, 0.717) is 30.4 Å². The molecule has 9 rings (SSSR count). The van der Waals surface area contributed by atoms with Crippen LogP contribution >= 0.6 is 0 Å². The Bertz CT molecular complexity index is 2150. The van der Waals surface area contributed by atoms with Gasteiger partial charge < -0.3 is 14.9 Å². The molecule has 0 radical (unpaired) electrons. The summed E-state index contributed by atoms with van der Waals surface area (Å²) in [7, 11) is 1.94. The van der Waals surface area contributed by atoms with Crippen molar-refractivity contribution in [2.45, 2.75) is 56.3 Å². The summed E-state index contributed by atoms with van der Waals surface area (Å²) in [4.78, 5) is 32.0. The van der Waals surface area contributed by atoms with Gasteiger partial charge in [-0.25, -0.2) is 0 Å². The van der Waals surface area contributed by atoms with Gasteiger partial charge in [0.2, 0.25) is 11.8 Å². The van der Waals surface area contributed by atoms with E-state index in [1.165, 1.54) is 46.5 Å². The number of phenols is 1. The van der Waals surface area contributed by atoms with Crippen molar-refractivity contribution >= 4 is 34.1 Å². The van der Waals surface area contributed by atoms with Gasteiger partial charge in [-0.05, 0) is 109 Å². The van der Waals surface area contributed by atoms with Gasteiger partial charge in [0.1, 0.15) is 5.75 Å². The van der Waals surface area contributed by atoms with E-state index in [0.717, 1.165) is 75.3 Å². The molecule has 1 aliphatic carbocycles. The number of benzene rings is 4. The summed E-state index contributed by atoms with van der Waals surface area (Å²) in [6.45, 7) is 7.44. The molecule has 4 aliphatic rings. The van der Waals surface area contributed by atoms with Crippen molar-refractivity contribution in [1.82, 2.24) is 20.0 Å². The Morgan fingerprint density at radius 3 is 2.24 bits per heavy atom. The van der Waals surface area contributed by atoms with Crippen molar-refractivity contribution in [1.29, 1.82) is 0 Å². The number of carbonyl (C=O) groups is 2. The second-order valence-electron chi connectivity index (χ2n) is 15.9. The number of rotatable bonds is 7. The topological polar surface area (TPSA) is 93.9 Å². The van der Waals surface area contributed by atoms with E-state index in [2.05, 4.69) is 98.9 Å². The summed E-state index contributed by atoms with van der Waals surface area (Å²) in [5.41, 5.74) is 9.66. The second-order valence-corrected chi connectivity index (χ2v) is 15.9. The average molecular weight is 723 g/mol. The zero-order chi connectivity index (χ0) is 36.8. The van der Waals surface area contributed by atoms with Crippen LogP contribution in [0.1, 0.15) is 77.8 Å². The number of anilines is 2. The highest BCUT2D eigenvalue weighted by molar-refractivity contribution is 6.02. The molecule has 3 saturated heterocycles. The molecular formula is C45H50N6O3. The standard InChI is InChI=1S/C45H50N6O3/c1-48-41-28-35(12-15-39(41)44(47-48)40-17-18-42(53)46-45(40)54)51-25-23-49(24-26-51)29-30-19-21-50(22-20-30)34-10-7-32(8-11-34)43-37(31-5-3-2-4-6-31)14-9-33-27-36(52)13-16-38(33)43/h2-8,10-13,15-16,27-28,30,37,40,43,52H,9,14,17-26,29H2,1H3,(H,46,53,54)/t37-,40?,43+/m1/s1. The number of aryl methyl sites for hydroxylation is 2. The number of nitrogens with zero attached hydrogens (tertiary/aromatic N) is 5. The van der Waals surface area contributed by atoms with Gasteiger partial charge in [-0.2, -0.15) is 5.10 Å². The molecule has 3 atom stereocenters. The third-order valence-corrected chi connectivity index (χ3v) is 12.7. The van der Waals surface area contributed by atoms with Crippen LogP contribution in [0.3, 0.4) is 0 Å². The minimum atomic E-state index is -0.385. The predicted molar refractivity (Wildman–Crippen MR) is 213 cm³/mol. The van der Waals surface area contributed by atoms with Crippen molar-refractivity contribution in [3.05, 3.63) is 119 Å². The van der Waals surface area contributed by atoms with E-state index in [-0.39, 0.29) is 23.7 Å². The molecule has 3 aliphatic heterocycles. The SMILES string of the molecule is Cn1nc(C2CCC(=O)NC2=O)c2ccc(N3CCN(CC4CCN(c5ccc([C@@H]6c7ccc(O)cc7CC[C@@H]6c6ccccc6)cc5)CC4)CC3)cc21. The van der Waals surface area contributed by atoms with E-state index in [4.69, 9.17) is 5.10 Å². The lowest BCUT2D eigenvalue weighted by molar-refractivity contribution is -0.134. The fourth-order valence-electron chi connectivity index (χ4n) is 9.78. The Morgan fingerprint density at radius 1 is 0.741 bits per heavy atom. The number of piperazine rings is 1. The number of aromatic hydroxyl groups is 1. The van der Waals surface area contributed by atoms with Crippen molar-refractivity contribution in [3.63, 3.8) is 0 Å². The molecule has 2 N–H and O–H groups in total. The third-order valence-electron chi connectivity index (χ3n) is 12.7. The van der Waals surface area contributed by atoms with Crippen LogP contribution in [-0.2, 0) is 23.1 Å². The summed E-state index contributed by atoms with van der Waals surface area (Å²) in [6.07, 6.45) is 5.35. The van der Waals surface area contributed by atoms with Crippen LogP contribution in [0.15, 0.2) is 91.0 Å². The first-order chi connectivity index (χ1) is 26.4. The lowest BCUT2D eigenvalue weighted by Gasteiger charge is -2.40. The summed E-state index contributed by atoms with van der Waals surface area (Å²) < 4.78 is 1.87. The maximum atomic E-state index is 12.6. The summed E-state index contributed by atoms with van der Waals surface area (Å²) in [6, 6.07) is 32.8. The molecule has 1 unspecified atom stereocenters. The van der Waals surface area contributed by atoms with Crippen molar-refractivity contribution < 1.29 is 14.7 Å². The molecule has 54 heavy (non-hydrogen) atoms. The highest BCUT2D eigenvalue weighted by Crippen LogP contribution is 2.47. The van der Waals surface area contributed by atoms with Crippen LogP contribution in [0.4, 0.5) is 11.4 Å². The minimum Gasteiger partial charge on any atom is -0.508 e. The Kier molecular flexibility index (Phi) is 9.35. The molecular weight excluding hydrogens is 673 g/mol. The number of piperidine rings is 2. The smallest absolute Gasteiger partial charge is 0.235 e. The number of nitrogens with one attached hydrogen (secondary N) is 1. The minimum absolute atomic E-state index is 0.201. The van der Waals surface area contributed by atoms with Gasteiger partial charge in [-0.3, -0.25) is 24.5 Å². The number of amides is 2. The van der Waals surface area contributed by atoms with Gasteiger partial charge in [0.05, 0.1) is 17.1 Å². The fourth-order valence-corrected chi connectivity index (χ4v) is 9.78. The maximum absolute atomic E-state index is 12.6. The molecule has 278 valence electrons. The van der Waals surface area contributed by atoms with Gasteiger partial charge in [-0.15, -0.1) is 0 Å². The normalized spacial score (nSPS) is 22.7. The van der Waals surface area contributed by atoms with Gasteiger partial charge >= 0.3 is 0 Å². The molecule has 3 fully saturated rings. The highest BCUT2D eigenvalue weighted by Gasteiger charge is 2.34. The monoisotopic (exact) mass is 722 g/mol. The fraction of sp³-hybridized carbons (Fsp3) is 0.400. The lowest BCUT2D eigenvalue weighted by Crippen LogP contribution is -2.49. The van der Waals surface area contributed by atoms with Crippen molar-refractivity contribution in [2.75, 3.05) is 55.6 Å². The first-order valence-corrected chi connectivity index (χ1v) is 19.9. The highest BCUT2D eigenvalue weighted by atomic mass is 16.3.